The molecule has 2 atom stereocenters. The van der Waals surface area contributed by atoms with Crippen LogP contribution in [0.3, 0.4) is 0 Å². The van der Waals surface area contributed by atoms with Crippen LogP contribution in [0.1, 0.15) is 45.2 Å². The molecule has 116 valence electrons. The molecule has 2 rings (SSSR count). The van der Waals surface area contributed by atoms with Crippen molar-refractivity contribution in [3.8, 4) is 0 Å². The van der Waals surface area contributed by atoms with Gasteiger partial charge < -0.3 is 5.32 Å². The molecule has 1 amide bonds. The van der Waals surface area contributed by atoms with E-state index < -0.39 is 0 Å². The summed E-state index contributed by atoms with van der Waals surface area (Å²) in [5.41, 5.74) is 1.06. The smallest absolute Gasteiger partial charge is 0.236 e. The second kappa shape index (κ2) is 7.03. The zero-order valence-electron chi connectivity index (χ0n) is 13.0. The summed E-state index contributed by atoms with van der Waals surface area (Å²) in [5.74, 6) is 0.792. The van der Waals surface area contributed by atoms with Gasteiger partial charge in [0.25, 0.3) is 0 Å². The highest BCUT2D eigenvalue weighted by Crippen LogP contribution is 2.41. The number of halogens is 1. The molecule has 21 heavy (non-hydrogen) atoms. The van der Waals surface area contributed by atoms with Crippen LogP contribution in [0, 0.1) is 17.7 Å². The molecule has 0 radical (unpaired) electrons. The van der Waals surface area contributed by atoms with Gasteiger partial charge in [0.15, 0.2) is 0 Å². The summed E-state index contributed by atoms with van der Waals surface area (Å²) in [5, 5.41) is 6.35. The molecule has 0 aromatic heterocycles. The normalized spacial score (nSPS) is 17.6. The molecule has 4 heteroatoms. The van der Waals surface area contributed by atoms with E-state index in [2.05, 4.69) is 24.5 Å². The Bertz CT molecular complexity index is 468. The summed E-state index contributed by atoms with van der Waals surface area (Å²) < 4.78 is 13.0. The fourth-order valence-corrected chi connectivity index (χ4v) is 2.41. The summed E-state index contributed by atoms with van der Waals surface area (Å²) in [4.78, 5) is 12.1. The Balaban J connectivity index is 1.96. The Morgan fingerprint density at radius 1 is 1.24 bits per heavy atom. The topological polar surface area (TPSA) is 41.1 Å². The maximum Gasteiger partial charge on any atom is 0.236 e. The summed E-state index contributed by atoms with van der Waals surface area (Å²) in [7, 11) is 0. The predicted octanol–water partition coefficient (Wildman–Crippen LogP) is 3.03. The third-order valence-electron chi connectivity index (χ3n) is 3.83. The van der Waals surface area contributed by atoms with Gasteiger partial charge in [-0.15, -0.1) is 0 Å². The van der Waals surface area contributed by atoms with Gasteiger partial charge in [-0.3, -0.25) is 10.1 Å². The monoisotopic (exact) mass is 292 g/mol. The zero-order chi connectivity index (χ0) is 15.4. The van der Waals surface area contributed by atoms with E-state index in [9.17, 15) is 9.18 Å². The molecule has 0 bridgehead atoms. The molecule has 1 fully saturated rings. The van der Waals surface area contributed by atoms with Crippen LogP contribution in [0.15, 0.2) is 24.3 Å². The number of benzene rings is 1. The van der Waals surface area contributed by atoms with Gasteiger partial charge in [0.2, 0.25) is 5.91 Å². The van der Waals surface area contributed by atoms with E-state index in [1.165, 1.54) is 12.1 Å². The average molecular weight is 292 g/mol. The van der Waals surface area contributed by atoms with Crippen LogP contribution in [0.4, 0.5) is 4.39 Å². The highest BCUT2D eigenvalue weighted by atomic mass is 19.1. The first-order chi connectivity index (χ1) is 9.97. The lowest BCUT2D eigenvalue weighted by Crippen LogP contribution is -2.45. The van der Waals surface area contributed by atoms with Crippen molar-refractivity contribution < 1.29 is 9.18 Å². The minimum atomic E-state index is -0.251. The van der Waals surface area contributed by atoms with E-state index in [4.69, 9.17) is 0 Å². The molecular formula is C17H25FN2O. The van der Waals surface area contributed by atoms with Crippen molar-refractivity contribution in [2.24, 2.45) is 11.8 Å². The van der Waals surface area contributed by atoms with Gasteiger partial charge in [0.1, 0.15) is 5.82 Å². The van der Waals surface area contributed by atoms with Gasteiger partial charge in [-0.2, -0.15) is 0 Å². The highest BCUT2D eigenvalue weighted by molar-refractivity contribution is 5.81. The zero-order valence-corrected chi connectivity index (χ0v) is 13.0. The van der Waals surface area contributed by atoms with Crippen molar-refractivity contribution in [2.75, 3.05) is 6.54 Å². The molecular weight excluding hydrogens is 267 g/mol. The largest absolute Gasteiger partial charge is 0.354 e. The van der Waals surface area contributed by atoms with E-state index in [0.29, 0.717) is 18.4 Å². The van der Waals surface area contributed by atoms with E-state index in [-0.39, 0.29) is 23.8 Å². The average Bonchev–Trinajstić information content (AvgIpc) is 3.27. The van der Waals surface area contributed by atoms with Crippen LogP contribution in [0.25, 0.3) is 0 Å². The van der Waals surface area contributed by atoms with Crippen LogP contribution in [-0.4, -0.2) is 18.5 Å². The number of rotatable bonds is 7. The minimum absolute atomic E-state index is 0.0245. The first-order valence-corrected chi connectivity index (χ1v) is 7.76. The van der Waals surface area contributed by atoms with Crippen LogP contribution in [0.2, 0.25) is 0 Å². The minimum Gasteiger partial charge on any atom is -0.354 e. The van der Waals surface area contributed by atoms with Crippen LogP contribution in [-0.2, 0) is 4.79 Å². The molecule has 1 aromatic rings. The number of hydrogen-bond acceptors (Lipinski definition) is 2. The summed E-state index contributed by atoms with van der Waals surface area (Å²) >= 11 is 0. The number of hydrogen-bond donors (Lipinski definition) is 2. The summed E-state index contributed by atoms with van der Waals surface area (Å²) in [6.45, 7) is 6.72. The molecule has 1 saturated carbocycles. The van der Waals surface area contributed by atoms with E-state index in [1.807, 2.05) is 19.1 Å². The number of nitrogens with one attached hydrogen (secondary N) is 2. The first kappa shape index (κ1) is 16.0. The Labute approximate surface area is 126 Å². The van der Waals surface area contributed by atoms with Gasteiger partial charge in [0, 0.05) is 12.6 Å². The molecule has 0 spiro atoms. The molecule has 2 unspecified atom stereocenters. The van der Waals surface area contributed by atoms with Crippen molar-refractivity contribution in [3.63, 3.8) is 0 Å². The number of amides is 1. The molecule has 0 heterocycles. The standard InChI is InChI=1S/C17H25FN2O/c1-11(2)10-19-17(21)12(3)20-16(13-4-5-13)14-6-8-15(18)9-7-14/h6-9,11-13,16,20H,4-5,10H2,1-3H3,(H,19,21). The molecule has 2 N–H and O–H groups in total. The van der Waals surface area contributed by atoms with Crippen LogP contribution in [0.5, 0.6) is 0 Å². The third kappa shape index (κ3) is 4.81. The lowest BCUT2D eigenvalue weighted by molar-refractivity contribution is -0.123. The summed E-state index contributed by atoms with van der Waals surface area (Å²) in [6.07, 6.45) is 2.32. The maximum atomic E-state index is 13.0. The van der Waals surface area contributed by atoms with E-state index in [1.54, 1.807) is 0 Å². The van der Waals surface area contributed by atoms with Crippen molar-refractivity contribution in [2.45, 2.75) is 45.7 Å². The van der Waals surface area contributed by atoms with Gasteiger partial charge in [-0.1, -0.05) is 26.0 Å². The fourth-order valence-electron chi connectivity index (χ4n) is 2.41. The third-order valence-corrected chi connectivity index (χ3v) is 3.83. The maximum absolute atomic E-state index is 13.0. The second-order valence-electron chi connectivity index (χ2n) is 6.39. The van der Waals surface area contributed by atoms with Gasteiger partial charge in [-0.25, -0.2) is 4.39 Å². The fraction of sp³-hybridized carbons (Fsp3) is 0.588. The van der Waals surface area contributed by atoms with Crippen molar-refractivity contribution in [1.29, 1.82) is 0 Å². The van der Waals surface area contributed by atoms with Gasteiger partial charge in [-0.05, 0) is 49.3 Å². The number of carbonyl (C=O) groups excluding carboxylic acids is 1. The Kier molecular flexibility index (Phi) is 5.34. The Hall–Kier alpha value is -1.42. The van der Waals surface area contributed by atoms with Gasteiger partial charge >= 0.3 is 0 Å². The van der Waals surface area contributed by atoms with Crippen molar-refractivity contribution in [1.82, 2.24) is 10.6 Å². The van der Waals surface area contributed by atoms with Crippen LogP contribution < -0.4 is 10.6 Å². The Morgan fingerprint density at radius 2 is 1.86 bits per heavy atom. The molecule has 1 aliphatic rings. The van der Waals surface area contributed by atoms with E-state index in [0.717, 1.165) is 18.4 Å². The van der Waals surface area contributed by atoms with Crippen molar-refractivity contribution in [3.05, 3.63) is 35.6 Å². The molecule has 1 aromatic carbocycles. The number of carbonyl (C=O) groups is 1. The highest BCUT2D eigenvalue weighted by Gasteiger charge is 2.34. The quantitative estimate of drug-likeness (QED) is 0.811. The molecule has 1 aliphatic carbocycles. The molecule has 3 nitrogen and oxygen atoms in total. The molecule has 0 aliphatic heterocycles. The lowest BCUT2D eigenvalue weighted by Gasteiger charge is -2.23. The second-order valence-corrected chi connectivity index (χ2v) is 6.39. The Morgan fingerprint density at radius 3 is 2.38 bits per heavy atom. The van der Waals surface area contributed by atoms with Crippen molar-refractivity contribution >= 4 is 5.91 Å². The SMILES string of the molecule is CC(C)CNC(=O)C(C)NC(c1ccc(F)cc1)C1CC1. The van der Waals surface area contributed by atoms with Crippen LogP contribution >= 0.6 is 0 Å². The van der Waals surface area contributed by atoms with E-state index >= 15 is 0 Å². The molecule has 0 saturated heterocycles. The van der Waals surface area contributed by atoms with Gasteiger partial charge in [0.05, 0.1) is 6.04 Å². The first-order valence-electron chi connectivity index (χ1n) is 7.76. The summed E-state index contributed by atoms with van der Waals surface area (Å²) in [6, 6.07) is 6.46. The predicted molar refractivity (Wildman–Crippen MR) is 82.3 cm³/mol. The lowest BCUT2D eigenvalue weighted by atomic mass is 10.0.